The van der Waals surface area contributed by atoms with Crippen molar-refractivity contribution in [3.63, 3.8) is 0 Å². The van der Waals surface area contributed by atoms with Crippen molar-refractivity contribution < 1.29 is 27.5 Å². The number of ether oxygens (including phenoxy) is 2. The van der Waals surface area contributed by atoms with Crippen molar-refractivity contribution >= 4 is 50.7 Å². The molecule has 2 atom stereocenters. The van der Waals surface area contributed by atoms with Crippen LogP contribution in [0.1, 0.15) is 39.7 Å². The Morgan fingerprint density at radius 1 is 1.03 bits per heavy atom. The quantitative estimate of drug-likeness (QED) is 0.422. The van der Waals surface area contributed by atoms with Crippen LogP contribution in [0.4, 0.5) is 5.69 Å². The molecule has 2 aromatic carbocycles. The summed E-state index contributed by atoms with van der Waals surface area (Å²) in [6.07, 6.45) is 0.704. The Morgan fingerprint density at radius 2 is 1.66 bits per heavy atom. The average Bonchev–Trinajstić information content (AvgIpc) is 2.90. The highest BCUT2D eigenvalue weighted by Gasteiger charge is 2.32. The first kappa shape index (κ1) is 29.9. The Morgan fingerprint density at radius 3 is 2.26 bits per heavy atom. The third kappa shape index (κ3) is 7.03. The third-order valence-corrected chi connectivity index (χ3v) is 8.80. The lowest BCUT2D eigenvalue weighted by Crippen LogP contribution is -2.52. The summed E-state index contributed by atoms with van der Waals surface area (Å²) < 4.78 is 38.5. The van der Waals surface area contributed by atoms with Crippen molar-refractivity contribution in [2.75, 3.05) is 29.8 Å². The Bertz CT molecular complexity index is 1250. The summed E-state index contributed by atoms with van der Waals surface area (Å²) in [5.74, 6) is -0.335. The van der Waals surface area contributed by atoms with Crippen molar-refractivity contribution in [3.8, 4) is 11.5 Å². The summed E-state index contributed by atoms with van der Waals surface area (Å²) in [7, 11) is -3.89. The minimum atomic E-state index is -3.89. The van der Waals surface area contributed by atoms with E-state index in [1.807, 2.05) is 13.8 Å². The SMILES string of the molecule is CC[C@@H](C)NC(=O)[C@H](C)N(Cc1c(Cl)cccc1Cl)C(=O)CN(c1ccc2c(c1)OCCO2)S(=O)(=O)CC. The lowest BCUT2D eigenvalue weighted by Gasteiger charge is -2.33. The number of hydrogen-bond donors (Lipinski definition) is 1. The first-order valence-corrected chi connectivity index (χ1v) is 14.8. The molecule has 38 heavy (non-hydrogen) atoms. The molecule has 0 fully saturated rings. The fourth-order valence-electron chi connectivity index (χ4n) is 3.81. The maximum Gasteiger partial charge on any atom is 0.244 e. The smallest absolute Gasteiger partial charge is 0.244 e. The van der Waals surface area contributed by atoms with Crippen LogP contribution < -0.4 is 19.1 Å². The Labute approximate surface area is 234 Å². The Balaban J connectivity index is 1.99. The fraction of sp³-hybridized carbons (Fsp3) is 0.462. The van der Waals surface area contributed by atoms with Gasteiger partial charge in [0.15, 0.2) is 11.5 Å². The highest BCUT2D eigenvalue weighted by Crippen LogP contribution is 2.35. The van der Waals surface area contributed by atoms with Gasteiger partial charge in [0, 0.05) is 34.3 Å². The van der Waals surface area contributed by atoms with Crippen LogP contribution in [0.5, 0.6) is 11.5 Å². The van der Waals surface area contributed by atoms with Gasteiger partial charge in [0.05, 0.1) is 11.4 Å². The summed E-state index contributed by atoms with van der Waals surface area (Å²) in [6, 6.07) is 8.60. The lowest BCUT2D eigenvalue weighted by molar-refractivity contribution is -0.139. The summed E-state index contributed by atoms with van der Waals surface area (Å²) >= 11 is 12.8. The number of amides is 2. The van der Waals surface area contributed by atoms with Crippen LogP contribution in [-0.2, 0) is 26.2 Å². The summed E-state index contributed by atoms with van der Waals surface area (Å²) in [6.45, 7) is 6.95. The average molecular weight is 587 g/mol. The summed E-state index contributed by atoms with van der Waals surface area (Å²) in [4.78, 5) is 28.2. The fourth-order valence-corrected chi connectivity index (χ4v) is 5.38. The molecule has 0 spiro atoms. The number of nitrogens with one attached hydrogen (secondary N) is 1. The van der Waals surface area contributed by atoms with Gasteiger partial charge in [0.2, 0.25) is 21.8 Å². The lowest BCUT2D eigenvalue weighted by atomic mass is 10.1. The molecule has 0 aromatic heterocycles. The van der Waals surface area contributed by atoms with E-state index in [9.17, 15) is 18.0 Å². The normalized spacial score (nSPS) is 14.4. The molecule has 2 aromatic rings. The predicted molar refractivity (Wildman–Crippen MR) is 149 cm³/mol. The summed E-state index contributed by atoms with van der Waals surface area (Å²) in [5.41, 5.74) is 0.702. The van der Waals surface area contributed by atoms with Crippen LogP contribution in [0.3, 0.4) is 0 Å². The number of anilines is 1. The molecular weight excluding hydrogens is 553 g/mol. The molecule has 0 saturated heterocycles. The van der Waals surface area contributed by atoms with Gasteiger partial charge in [-0.25, -0.2) is 8.42 Å². The van der Waals surface area contributed by atoms with Gasteiger partial charge < -0.3 is 19.7 Å². The van der Waals surface area contributed by atoms with Crippen LogP contribution >= 0.6 is 23.2 Å². The number of carbonyl (C=O) groups excluding carboxylic acids is 2. The molecule has 1 aliphatic heterocycles. The third-order valence-electron chi connectivity index (χ3n) is 6.35. The van der Waals surface area contributed by atoms with Gasteiger partial charge in [-0.05, 0) is 51.5 Å². The van der Waals surface area contributed by atoms with Crippen molar-refractivity contribution in [3.05, 3.63) is 52.0 Å². The van der Waals surface area contributed by atoms with Gasteiger partial charge in [-0.1, -0.05) is 36.2 Å². The number of benzene rings is 2. The predicted octanol–water partition coefficient (Wildman–Crippen LogP) is 4.25. The van der Waals surface area contributed by atoms with E-state index in [2.05, 4.69) is 5.32 Å². The zero-order chi connectivity index (χ0) is 28.0. The van der Waals surface area contributed by atoms with Crippen LogP contribution in [-0.4, -0.2) is 62.7 Å². The number of sulfonamides is 1. The zero-order valence-electron chi connectivity index (χ0n) is 21.9. The minimum absolute atomic E-state index is 0.0897. The van der Waals surface area contributed by atoms with Gasteiger partial charge in [0.1, 0.15) is 25.8 Å². The molecule has 1 N–H and O–H groups in total. The van der Waals surface area contributed by atoms with Crippen molar-refractivity contribution in [2.24, 2.45) is 0 Å². The number of hydrogen-bond acceptors (Lipinski definition) is 6. The molecule has 0 aliphatic carbocycles. The largest absolute Gasteiger partial charge is 0.486 e. The van der Waals surface area contributed by atoms with Gasteiger partial charge in [-0.15, -0.1) is 0 Å². The zero-order valence-corrected chi connectivity index (χ0v) is 24.2. The highest BCUT2D eigenvalue weighted by atomic mass is 35.5. The first-order chi connectivity index (χ1) is 18.0. The first-order valence-electron chi connectivity index (χ1n) is 12.4. The number of nitrogens with zero attached hydrogens (tertiary/aromatic N) is 2. The second-order valence-corrected chi connectivity index (χ2v) is 11.9. The molecule has 0 radical (unpaired) electrons. The molecule has 208 valence electrons. The van der Waals surface area contributed by atoms with Crippen molar-refractivity contribution in [1.29, 1.82) is 0 Å². The van der Waals surface area contributed by atoms with E-state index < -0.39 is 28.5 Å². The Kier molecular flexibility index (Phi) is 10.1. The molecule has 0 saturated carbocycles. The number of fused-ring (bicyclic) bond motifs is 1. The molecule has 3 rings (SSSR count). The molecule has 1 aliphatic rings. The monoisotopic (exact) mass is 585 g/mol. The van der Waals surface area contributed by atoms with Crippen LogP contribution in [0.25, 0.3) is 0 Å². The van der Waals surface area contributed by atoms with Gasteiger partial charge in [0.25, 0.3) is 0 Å². The van der Waals surface area contributed by atoms with Gasteiger partial charge in [-0.3, -0.25) is 13.9 Å². The van der Waals surface area contributed by atoms with Gasteiger partial charge in [-0.2, -0.15) is 0 Å². The minimum Gasteiger partial charge on any atom is -0.486 e. The second-order valence-electron chi connectivity index (χ2n) is 8.95. The number of carbonyl (C=O) groups is 2. The van der Waals surface area contributed by atoms with E-state index in [0.717, 1.165) is 4.31 Å². The molecule has 0 bridgehead atoms. The molecule has 2 amide bonds. The number of rotatable bonds is 11. The standard InChI is InChI=1S/C26H33Cl2N3O6S/c1-5-17(3)29-26(33)18(4)30(15-20-21(27)8-7-9-22(20)28)25(32)16-31(38(34,35)6-2)19-10-11-23-24(14-19)37-13-12-36-23/h7-11,14,17-18H,5-6,12-13,15-16H2,1-4H3,(H,29,33)/t17-,18+/m1/s1. The molecule has 0 unspecified atom stereocenters. The molecule has 12 heteroatoms. The van der Waals surface area contributed by atoms with E-state index in [1.165, 1.54) is 17.9 Å². The van der Waals surface area contributed by atoms with Crippen LogP contribution in [0.2, 0.25) is 10.0 Å². The van der Waals surface area contributed by atoms with E-state index >= 15 is 0 Å². The van der Waals surface area contributed by atoms with Crippen LogP contribution in [0.15, 0.2) is 36.4 Å². The van der Waals surface area contributed by atoms with E-state index in [4.69, 9.17) is 32.7 Å². The molecular formula is C26H33Cl2N3O6S. The van der Waals surface area contributed by atoms with Crippen molar-refractivity contribution in [1.82, 2.24) is 10.2 Å². The van der Waals surface area contributed by atoms with Crippen LogP contribution in [0, 0.1) is 0 Å². The van der Waals surface area contributed by atoms with E-state index in [1.54, 1.807) is 37.3 Å². The maximum absolute atomic E-state index is 13.8. The summed E-state index contributed by atoms with van der Waals surface area (Å²) in [5, 5.41) is 3.54. The van der Waals surface area contributed by atoms with Crippen molar-refractivity contribution in [2.45, 2.75) is 52.7 Å². The molecule has 9 nitrogen and oxygen atoms in total. The number of halogens is 2. The van der Waals surface area contributed by atoms with E-state index in [0.29, 0.717) is 46.7 Å². The Hall–Kier alpha value is -2.69. The topological polar surface area (TPSA) is 105 Å². The van der Waals surface area contributed by atoms with E-state index in [-0.39, 0.29) is 29.9 Å². The molecule has 1 heterocycles. The van der Waals surface area contributed by atoms with Gasteiger partial charge >= 0.3 is 0 Å². The maximum atomic E-state index is 13.8. The highest BCUT2D eigenvalue weighted by molar-refractivity contribution is 7.92. The second kappa shape index (κ2) is 12.9.